The Hall–Kier alpha value is -1.06. The summed E-state index contributed by atoms with van der Waals surface area (Å²) in [6, 6.07) is 8.28. The molecule has 1 unspecified atom stereocenters. The van der Waals surface area contributed by atoms with Gasteiger partial charge < -0.3 is 10.5 Å². The summed E-state index contributed by atoms with van der Waals surface area (Å²) in [5, 5.41) is 0. The van der Waals surface area contributed by atoms with Crippen LogP contribution in [0.4, 0.5) is 0 Å². The van der Waals surface area contributed by atoms with Gasteiger partial charge in [0.15, 0.2) is 0 Å². The number of nitrogens with zero attached hydrogens (tertiary/aromatic N) is 1. The number of benzene rings is 1. The van der Waals surface area contributed by atoms with E-state index in [2.05, 4.69) is 37.8 Å². The summed E-state index contributed by atoms with van der Waals surface area (Å²) in [6.45, 7) is 9.36. The topological polar surface area (TPSA) is 38.5 Å². The molecule has 1 atom stereocenters. The highest BCUT2D eigenvalue weighted by molar-refractivity contribution is 5.28. The summed E-state index contributed by atoms with van der Waals surface area (Å²) < 4.78 is 5.29. The van der Waals surface area contributed by atoms with Gasteiger partial charge in [-0.2, -0.15) is 0 Å². The molecule has 0 fully saturated rings. The van der Waals surface area contributed by atoms with Crippen LogP contribution < -0.4 is 10.5 Å². The largest absolute Gasteiger partial charge is 0.497 e. The minimum absolute atomic E-state index is 0.0685. The molecule has 0 aliphatic carbocycles. The molecule has 19 heavy (non-hydrogen) atoms. The van der Waals surface area contributed by atoms with Gasteiger partial charge in [-0.3, -0.25) is 4.90 Å². The molecule has 0 spiro atoms. The Morgan fingerprint density at radius 1 is 1.32 bits per heavy atom. The zero-order chi connectivity index (χ0) is 14.3. The van der Waals surface area contributed by atoms with Crippen LogP contribution in [0.5, 0.6) is 5.75 Å². The van der Waals surface area contributed by atoms with E-state index in [4.69, 9.17) is 10.5 Å². The van der Waals surface area contributed by atoms with Gasteiger partial charge in [0, 0.05) is 18.6 Å². The van der Waals surface area contributed by atoms with Crippen molar-refractivity contribution in [2.45, 2.75) is 45.7 Å². The maximum atomic E-state index is 5.99. The molecule has 3 nitrogen and oxygen atoms in total. The Balaban J connectivity index is 2.88. The molecule has 1 aromatic carbocycles. The van der Waals surface area contributed by atoms with Crippen LogP contribution in [0.15, 0.2) is 24.3 Å². The maximum absolute atomic E-state index is 5.99. The molecule has 108 valence electrons. The van der Waals surface area contributed by atoms with Gasteiger partial charge in [-0.25, -0.2) is 0 Å². The van der Waals surface area contributed by atoms with Crippen molar-refractivity contribution in [2.24, 2.45) is 5.73 Å². The summed E-state index contributed by atoms with van der Waals surface area (Å²) in [5.74, 6) is 0.917. The van der Waals surface area contributed by atoms with Crippen LogP contribution in [0, 0.1) is 0 Å². The van der Waals surface area contributed by atoms with E-state index in [1.165, 1.54) is 5.56 Å². The van der Waals surface area contributed by atoms with Gasteiger partial charge in [0.05, 0.1) is 7.11 Å². The fourth-order valence-corrected chi connectivity index (χ4v) is 2.30. The van der Waals surface area contributed by atoms with Crippen molar-refractivity contribution < 1.29 is 4.74 Å². The molecule has 1 aromatic rings. The predicted molar refractivity (Wildman–Crippen MR) is 81.4 cm³/mol. The minimum atomic E-state index is 0.0685. The van der Waals surface area contributed by atoms with Crippen LogP contribution in [0.1, 0.15) is 39.2 Å². The van der Waals surface area contributed by atoms with Crippen LogP contribution in [-0.4, -0.2) is 30.6 Å². The predicted octanol–water partition coefficient (Wildman–Crippen LogP) is 3.03. The normalized spacial score (nSPS) is 14.4. The number of nitrogens with two attached hydrogens (primary N) is 1. The van der Waals surface area contributed by atoms with E-state index in [1.807, 2.05) is 12.1 Å². The van der Waals surface area contributed by atoms with Crippen LogP contribution in [0.2, 0.25) is 0 Å². The molecule has 0 amide bonds. The Labute approximate surface area is 117 Å². The minimum Gasteiger partial charge on any atom is -0.497 e. The molecule has 0 aliphatic rings. The van der Waals surface area contributed by atoms with Gasteiger partial charge in [0.25, 0.3) is 0 Å². The van der Waals surface area contributed by atoms with E-state index >= 15 is 0 Å². The Bertz CT molecular complexity index is 375. The van der Waals surface area contributed by atoms with Crippen molar-refractivity contribution in [1.29, 1.82) is 0 Å². The molecule has 3 heteroatoms. The molecule has 0 aromatic heterocycles. The first-order chi connectivity index (χ1) is 9.09. The highest BCUT2D eigenvalue weighted by Crippen LogP contribution is 2.23. The van der Waals surface area contributed by atoms with Crippen molar-refractivity contribution >= 4 is 0 Å². The van der Waals surface area contributed by atoms with Crippen molar-refractivity contribution in [3.8, 4) is 5.75 Å². The zero-order valence-corrected chi connectivity index (χ0v) is 12.8. The lowest BCUT2D eigenvalue weighted by molar-refractivity contribution is 0.0972. The molecular formula is C16H28N2O. The molecule has 2 N–H and O–H groups in total. The van der Waals surface area contributed by atoms with Crippen molar-refractivity contribution in [3.63, 3.8) is 0 Å². The van der Waals surface area contributed by atoms with Crippen molar-refractivity contribution in [2.75, 3.05) is 20.2 Å². The second kappa shape index (κ2) is 7.51. The van der Waals surface area contributed by atoms with Gasteiger partial charge in [-0.15, -0.1) is 0 Å². The Morgan fingerprint density at radius 2 is 2.05 bits per heavy atom. The summed E-state index contributed by atoms with van der Waals surface area (Å²) in [7, 11) is 1.71. The van der Waals surface area contributed by atoms with E-state index in [0.717, 1.165) is 31.7 Å². The van der Waals surface area contributed by atoms with E-state index < -0.39 is 0 Å². The first kappa shape index (κ1) is 16.0. The van der Waals surface area contributed by atoms with Crippen molar-refractivity contribution in [1.82, 2.24) is 4.90 Å². The van der Waals surface area contributed by atoms with Gasteiger partial charge in [0.1, 0.15) is 5.75 Å². The molecule has 0 radical (unpaired) electrons. The van der Waals surface area contributed by atoms with Gasteiger partial charge in [-0.05, 0) is 44.0 Å². The summed E-state index contributed by atoms with van der Waals surface area (Å²) in [4.78, 5) is 2.49. The lowest BCUT2D eigenvalue weighted by Gasteiger charge is -2.40. The second-order valence-electron chi connectivity index (χ2n) is 5.33. The smallest absolute Gasteiger partial charge is 0.119 e. The number of hydrogen-bond donors (Lipinski definition) is 1. The average Bonchev–Trinajstić information content (AvgIpc) is 2.46. The number of ether oxygens (including phenoxy) is 1. The first-order valence-corrected chi connectivity index (χ1v) is 7.17. The van der Waals surface area contributed by atoms with E-state index in [-0.39, 0.29) is 5.54 Å². The van der Waals surface area contributed by atoms with Crippen LogP contribution >= 0.6 is 0 Å². The third kappa shape index (κ3) is 4.22. The van der Waals surface area contributed by atoms with E-state index in [1.54, 1.807) is 7.11 Å². The molecular weight excluding hydrogens is 236 g/mol. The summed E-state index contributed by atoms with van der Waals surface area (Å²) >= 11 is 0. The van der Waals surface area contributed by atoms with Crippen LogP contribution in [0.3, 0.4) is 0 Å². The van der Waals surface area contributed by atoms with Crippen LogP contribution in [0.25, 0.3) is 0 Å². The van der Waals surface area contributed by atoms with Gasteiger partial charge >= 0.3 is 0 Å². The third-order valence-corrected chi connectivity index (χ3v) is 3.97. The van der Waals surface area contributed by atoms with E-state index in [0.29, 0.717) is 6.54 Å². The summed E-state index contributed by atoms with van der Waals surface area (Å²) in [5.41, 5.74) is 7.34. The average molecular weight is 264 g/mol. The molecule has 0 saturated carbocycles. The monoisotopic (exact) mass is 264 g/mol. The van der Waals surface area contributed by atoms with E-state index in [9.17, 15) is 0 Å². The highest BCUT2D eigenvalue weighted by atomic mass is 16.5. The number of methoxy groups -OCH3 is 1. The molecule has 0 saturated heterocycles. The molecule has 0 bridgehead atoms. The zero-order valence-electron chi connectivity index (χ0n) is 12.8. The lowest BCUT2D eigenvalue weighted by atomic mass is 9.95. The fraction of sp³-hybridized carbons (Fsp3) is 0.625. The Kier molecular flexibility index (Phi) is 6.32. The molecule has 1 rings (SSSR count). The lowest BCUT2D eigenvalue weighted by Crippen LogP contribution is -2.51. The van der Waals surface area contributed by atoms with Crippen molar-refractivity contribution in [3.05, 3.63) is 29.8 Å². The fourth-order valence-electron chi connectivity index (χ4n) is 2.30. The third-order valence-electron chi connectivity index (χ3n) is 3.97. The second-order valence-corrected chi connectivity index (χ2v) is 5.33. The number of rotatable bonds is 8. The quantitative estimate of drug-likeness (QED) is 0.784. The molecule has 0 heterocycles. The Morgan fingerprint density at radius 3 is 2.58 bits per heavy atom. The maximum Gasteiger partial charge on any atom is 0.119 e. The van der Waals surface area contributed by atoms with Gasteiger partial charge in [0.2, 0.25) is 0 Å². The van der Waals surface area contributed by atoms with Crippen LogP contribution in [-0.2, 0) is 6.54 Å². The first-order valence-electron chi connectivity index (χ1n) is 7.17. The number of hydrogen-bond acceptors (Lipinski definition) is 3. The molecule has 0 aliphatic heterocycles. The SMILES string of the molecule is CCCN(Cc1cccc(OC)c1)C(C)(CC)CN. The highest BCUT2D eigenvalue weighted by Gasteiger charge is 2.27. The van der Waals surface area contributed by atoms with Gasteiger partial charge in [-0.1, -0.05) is 26.0 Å². The summed E-state index contributed by atoms with van der Waals surface area (Å²) in [6.07, 6.45) is 2.20. The standard InChI is InChI=1S/C16H28N2O/c1-5-10-18(16(3,6-2)13-17)12-14-8-7-9-15(11-14)19-4/h7-9,11H,5-6,10,12-13,17H2,1-4H3.